The molecular formula is C22H18N4O6S2. The van der Waals surface area contributed by atoms with Crippen LogP contribution >= 0.6 is 11.3 Å². The van der Waals surface area contributed by atoms with Gasteiger partial charge in [0.2, 0.25) is 5.91 Å². The minimum atomic E-state index is -3.88. The van der Waals surface area contributed by atoms with Crippen LogP contribution in [0.25, 0.3) is 0 Å². The molecule has 0 fully saturated rings. The number of hydrogen-bond acceptors (Lipinski definition) is 7. The van der Waals surface area contributed by atoms with Gasteiger partial charge >= 0.3 is 0 Å². The van der Waals surface area contributed by atoms with E-state index in [-0.39, 0.29) is 39.6 Å². The molecule has 1 aliphatic rings. The fourth-order valence-corrected chi connectivity index (χ4v) is 5.37. The number of carbonyl (C=O) groups excluding carboxylic acids is 4. The Morgan fingerprint density at radius 1 is 0.853 bits per heavy atom. The lowest BCUT2D eigenvalue weighted by Crippen LogP contribution is -2.43. The molecule has 10 nitrogen and oxygen atoms in total. The van der Waals surface area contributed by atoms with E-state index in [9.17, 15) is 27.6 Å². The first-order valence-corrected chi connectivity index (χ1v) is 12.3. The first kappa shape index (κ1) is 23.1. The monoisotopic (exact) mass is 498 g/mol. The number of hydrogen-bond donors (Lipinski definition) is 3. The van der Waals surface area contributed by atoms with E-state index in [4.69, 9.17) is 0 Å². The Bertz CT molecular complexity index is 1350. The van der Waals surface area contributed by atoms with Crippen molar-refractivity contribution in [2.45, 2.75) is 10.6 Å². The van der Waals surface area contributed by atoms with Gasteiger partial charge in [0.1, 0.15) is 4.21 Å². The van der Waals surface area contributed by atoms with E-state index in [1.165, 1.54) is 18.2 Å². The number of amides is 4. The van der Waals surface area contributed by atoms with Gasteiger partial charge in [-0.25, -0.2) is 8.42 Å². The Morgan fingerprint density at radius 2 is 1.50 bits per heavy atom. The molecule has 12 heteroatoms. The number of imide groups is 1. The van der Waals surface area contributed by atoms with Gasteiger partial charge in [-0.2, -0.15) is 0 Å². The molecule has 0 radical (unpaired) electrons. The molecule has 1 aromatic heterocycles. The summed E-state index contributed by atoms with van der Waals surface area (Å²) in [6, 6.07) is 15.3. The molecule has 2 heterocycles. The van der Waals surface area contributed by atoms with Crippen molar-refractivity contribution < 1.29 is 27.6 Å². The van der Waals surface area contributed by atoms with E-state index >= 15 is 0 Å². The Labute approximate surface area is 198 Å². The van der Waals surface area contributed by atoms with E-state index in [1.54, 1.807) is 47.8 Å². The van der Waals surface area contributed by atoms with Crippen LogP contribution in [0.1, 0.15) is 37.5 Å². The molecule has 4 amide bonds. The van der Waals surface area contributed by atoms with Gasteiger partial charge in [0, 0.05) is 13.0 Å². The third kappa shape index (κ3) is 4.67. The Morgan fingerprint density at radius 3 is 2.15 bits per heavy atom. The van der Waals surface area contributed by atoms with Gasteiger partial charge < -0.3 is 0 Å². The first-order valence-electron chi connectivity index (χ1n) is 9.97. The van der Waals surface area contributed by atoms with Crippen molar-refractivity contribution in [2.24, 2.45) is 0 Å². The quantitative estimate of drug-likeness (QED) is 0.336. The highest BCUT2D eigenvalue weighted by Crippen LogP contribution is 2.23. The van der Waals surface area contributed by atoms with Crippen molar-refractivity contribution in [2.75, 3.05) is 11.3 Å². The number of sulfonamides is 1. The van der Waals surface area contributed by atoms with Crippen LogP contribution in [-0.4, -0.2) is 43.5 Å². The zero-order valence-corrected chi connectivity index (χ0v) is 19.1. The largest absolute Gasteiger partial charge is 0.278 e. The molecular weight excluding hydrogens is 480 g/mol. The summed E-state index contributed by atoms with van der Waals surface area (Å²) in [6.45, 7) is -0.161. The number of nitrogens with zero attached hydrogens (tertiary/aromatic N) is 1. The molecule has 4 rings (SSSR count). The van der Waals surface area contributed by atoms with Crippen LogP contribution < -0.4 is 15.6 Å². The Kier molecular flexibility index (Phi) is 6.43. The number of rotatable bonds is 7. The number of thiophene rings is 1. The predicted octanol–water partition coefficient (Wildman–Crippen LogP) is 2.00. The second-order valence-electron chi connectivity index (χ2n) is 7.14. The van der Waals surface area contributed by atoms with Crippen molar-refractivity contribution in [3.63, 3.8) is 0 Å². The van der Waals surface area contributed by atoms with Gasteiger partial charge in [-0.05, 0) is 35.7 Å². The van der Waals surface area contributed by atoms with E-state index in [2.05, 4.69) is 15.6 Å². The second kappa shape index (κ2) is 9.45. The van der Waals surface area contributed by atoms with Crippen LogP contribution in [0.3, 0.4) is 0 Å². The third-order valence-corrected chi connectivity index (χ3v) is 7.70. The summed E-state index contributed by atoms with van der Waals surface area (Å²) >= 11 is 1.03. The molecule has 174 valence electrons. The van der Waals surface area contributed by atoms with Crippen LogP contribution in [0.5, 0.6) is 0 Å². The smallest absolute Gasteiger partial charge is 0.271 e. The van der Waals surface area contributed by atoms with Gasteiger partial charge in [0.05, 0.1) is 22.4 Å². The van der Waals surface area contributed by atoms with Crippen molar-refractivity contribution in [1.82, 2.24) is 15.8 Å². The van der Waals surface area contributed by atoms with Crippen LogP contribution in [0.15, 0.2) is 70.3 Å². The number of fused-ring (bicyclic) bond motifs is 1. The topological polar surface area (TPSA) is 142 Å². The summed E-state index contributed by atoms with van der Waals surface area (Å²) in [5, 5.41) is 1.62. The standard InChI is InChI=1S/C22H18N4O6S2/c27-18(11-12-26-21(29)14-6-1-2-7-15(14)22(26)30)23-24-20(28)16-8-3-4-9-17(16)25-34(31,32)19-10-5-13-33-19/h1-10,13,25H,11-12H2,(H,23,27)(H,24,28). The lowest BCUT2D eigenvalue weighted by molar-refractivity contribution is -0.121. The molecule has 0 unspecified atom stereocenters. The zero-order valence-electron chi connectivity index (χ0n) is 17.5. The second-order valence-corrected chi connectivity index (χ2v) is 10.00. The van der Waals surface area contributed by atoms with Gasteiger partial charge in [-0.1, -0.05) is 30.3 Å². The summed E-state index contributed by atoms with van der Waals surface area (Å²) in [6.07, 6.45) is -0.238. The van der Waals surface area contributed by atoms with Crippen LogP contribution in [0.4, 0.5) is 5.69 Å². The molecule has 0 saturated heterocycles. The molecule has 3 N–H and O–H groups in total. The average molecular weight is 499 g/mol. The van der Waals surface area contributed by atoms with Crippen molar-refractivity contribution in [3.05, 3.63) is 82.7 Å². The van der Waals surface area contributed by atoms with Gasteiger partial charge in [0.25, 0.3) is 27.7 Å². The van der Waals surface area contributed by atoms with E-state index in [1.807, 2.05) is 0 Å². The summed E-state index contributed by atoms with van der Waals surface area (Å²) in [5.74, 6) is -2.35. The minimum Gasteiger partial charge on any atom is -0.278 e. The van der Waals surface area contributed by atoms with E-state index < -0.39 is 33.7 Å². The highest BCUT2D eigenvalue weighted by molar-refractivity contribution is 7.94. The normalized spacial score (nSPS) is 12.9. The molecule has 0 spiro atoms. The predicted molar refractivity (Wildman–Crippen MR) is 124 cm³/mol. The maximum atomic E-state index is 12.6. The SMILES string of the molecule is O=C(CCN1C(=O)c2ccccc2C1=O)NNC(=O)c1ccccc1NS(=O)(=O)c1cccs1. The zero-order chi connectivity index (χ0) is 24.3. The average Bonchev–Trinajstić information content (AvgIpc) is 3.45. The molecule has 0 saturated carbocycles. The highest BCUT2D eigenvalue weighted by Gasteiger charge is 2.35. The minimum absolute atomic E-state index is 0.0109. The summed E-state index contributed by atoms with van der Waals surface area (Å²) < 4.78 is 27.4. The van der Waals surface area contributed by atoms with Crippen LogP contribution in [-0.2, 0) is 14.8 Å². The third-order valence-electron chi connectivity index (χ3n) is 4.93. The number of nitrogens with one attached hydrogen (secondary N) is 3. The molecule has 34 heavy (non-hydrogen) atoms. The first-order chi connectivity index (χ1) is 16.3. The highest BCUT2D eigenvalue weighted by atomic mass is 32.2. The van der Waals surface area contributed by atoms with Gasteiger partial charge in [-0.15, -0.1) is 11.3 Å². The molecule has 0 bridgehead atoms. The summed E-state index contributed by atoms with van der Waals surface area (Å²) in [5.41, 5.74) is 5.01. The van der Waals surface area contributed by atoms with Crippen LogP contribution in [0.2, 0.25) is 0 Å². The molecule has 0 atom stereocenters. The molecule has 2 aromatic carbocycles. The molecule has 3 aromatic rings. The Hall–Kier alpha value is -4.03. The maximum Gasteiger partial charge on any atom is 0.271 e. The summed E-state index contributed by atoms with van der Waals surface area (Å²) in [4.78, 5) is 50.5. The van der Waals surface area contributed by atoms with Crippen molar-refractivity contribution in [3.8, 4) is 0 Å². The van der Waals surface area contributed by atoms with Gasteiger partial charge in [0.15, 0.2) is 0 Å². The number of para-hydroxylation sites is 1. The summed E-state index contributed by atoms with van der Waals surface area (Å²) in [7, 11) is -3.88. The number of hydrazine groups is 1. The fraction of sp³-hybridized carbons (Fsp3) is 0.0909. The number of anilines is 1. The molecule has 1 aliphatic heterocycles. The van der Waals surface area contributed by atoms with Crippen LogP contribution in [0, 0.1) is 0 Å². The van der Waals surface area contributed by atoms with Gasteiger partial charge in [-0.3, -0.25) is 39.7 Å². The lowest BCUT2D eigenvalue weighted by Gasteiger charge is -2.15. The number of benzene rings is 2. The lowest BCUT2D eigenvalue weighted by atomic mass is 10.1. The van der Waals surface area contributed by atoms with Crippen molar-refractivity contribution in [1.29, 1.82) is 0 Å². The van der Waals surface area contributed by atoms with Crippen molar-refractivity contribution >= 4 is 50.7 Å². The van der Waals surface area contributed by atoms with E-state index in [0.717, 1.165) is 16.2 Å². The maximum absolute atomic E-state index is 12.6. The fourth-order valence-electron chi connectivity index (χ4n) is 3.29. The van der Waals surface area contributed by atoms with E-state index in [0.29, 0.717) is 0 Å². The number of carbonyl (C=O) groups is 4. The molecule has 0 aliphatic carbocycles. The Balaban J connectivity index is 1.34.